The first kappa shape index (κ1) is 19.9. The van der Waals surface area contributed by atoms with Gasteiger partial charge in [0.05, 0.1) is 0 Å². The Labute approximate surface area is 181 Å². The number of allylic oxidation sites excluding steroid dienone is 4. The molecule has 0 saturated heterocycles. The molecule has 0 saturated carbocycles. The van der Waals surface area contributed by atoms with Crippen LogP contribution in [0, 0.1) is 5.41 Å². The SMILES string of the molecule is C=C1C=C(/C(=C/C=N)[N-]C)C=CN1/C=C(\C)c1ccccc1.[K+]. The number of rotatable bonds is 5. The zero-order valence-corrected chi connectivity index (χ0v) is 17.1. The van der Waals surface area contributed by atoms with Crippen LogP contribution < -0.4 is 51.4 Å². The van der Waals surface area contributed by atoms with Crippen molar-refractivity contribution >= 4 is 11.8 Å². The van der Waals surface area contributed by atoms with Crippen LogP contribution in [-0.2, 0) is 0 Å². The van der Waals surface area contributed by atoms with Gasteiger partial charge in [-0.2, -0.15) is 0 Å². The van der Waals surface area contributed by atoms with Gasteiger partial charge >= 0.3 is 51.4 Å². The van der Waals surface area contributed by atoms with Gasteiger partial charge in [-0.1, -0.05) is 43.0 Å². The summed E-state index contributed by atoms with van der Waals surface area (Å²) in [6.07, 6.45) is 10.9. The number of hydrogen-bond donors (Lipinski definition) is 1. The third-order valence-electron chi connectivity index (χ3n) is 3.41. The van der Waals surface area contributed by atoms with E-state index >= 15 is 0 Å². The van der Waals surface area contributed by atoms with Crippen molar-refractivity contribution in [3.8, 4) is 0 Å². The van der Waals surface area contributed by atoms with Crippen molar-refractivity contribution in [1.29, 1.82) is 5.41 Å². The first-order chi connectivity index (χ1) is 10.7. The van der Waals surface area contributed by atoms with Crippen LogP contribution in [0.1, 0.15) is 12.5 Å². The molecule has 0 spiro atoms. The first-order valence-electron chi connectivity index (χ1n) is 7.07. The van der Waals surface area contributed by atoms with E-state index in [9.17, 15) is 0 Å². The van der Waals surface area contributed by atoms with Crippen molar-refractivity contribution < 1.29 is 51.4 Å². The van der Waals surface area contributed by atoms with Gasteiger partial charge in [-0.05, 0) is 35.8 Å². The second-order valence-electron chi connectivity index (χ2n) is 4.93. The zero-order chi connectivity index (χ0) is 15.9. The minimum Gasteiger partial charge on any atom is -0.686 e. The number of nitrogens with zero attached hydrogens (tertiary/aromatic N) is 2. The molecule has 0 bridgehead atoms. The molecule has 4 heteroatoms. The monoisotopic (exact) mass is 329 g/mol. The van der Waals surface area contributed by atoms with Crippen molar-refractivity contribution in [3.63, 3.8) is 0 Å². The van der Waals surface area contributed by atoms with Crippen LogP contribution in [0.2, 0.25) is 0 Å². The fraction of sp³-hybridized carbons (Fsp3) is 0.105. The Morgan fingerprint density at radius 3 is 2.52 bits per heavy atom. The van der Waals surface area contributed by atoms with E-state index in [-0.39, 0.29) is 51.4 Å². The van der Waals surface area contributed by atoms with E-state index in [0.717, 1.165) is 17.0 Å². The average Bonchev–Trinajstić information content (AvgIpc) is 2.55. The van der Waals surface area contributed by atoms with Crippen LogP contribution in [0.15, 0.2) is 84.5 Å². The molecular weight excluding hydrogens is 309 g/mol. The zero-order valence-electron chi connectivity index (χ0n) is 14.0. The molecular formula is C19H20KN3. The summed E-state index contributed by atoms with van der Waals surface area (Å²) < 4.78 is 0. The Morgan fingerprint density at radius 1 is 1.26 bits per heavy atom. The molecule has 0 aromatic heterocycles. The Kier molecular flexibility index (Phi) is 8.51. The molecule has 0 atom stereocenters. The summed E-state index contributed by atoms with van der Waals surface area (Å²) in [5.41, 5.74) is 4.95. The topological polar surface area (TPSA) is 41.2 Å². The third kappa shape index (κ3) is 5.44. The molecule has 0 aliphatic carbocycles. The van der Waals surface area contributed by atoms with Gasteiger partial charge in [0.1, 0.15) is 0 Å². The maximum absolute atomic E-state index is 7.18. The molecule has 0 fully saturated rings. The maximum atomic E-state index is 7.18. The molecule has 0 unspecified atom stereocenters. The normalized spacial score (nSPS) is 15.0. The minimum absolute atomic E-state index is 0. The molecule has 1 aliphatic heterocycles. The second kappa shape index (κ2) is 9.85. The predicted octanol–water partition coefficient (Wildman–Crippen LogP) is 1.86. The first-order valence-corrected chi connectivity index (χ1v) is 7.07. The Morgan fingerprint density at radius 2 is 1.96 bits per heavy atom. The van der Waals surface area contributed by atoms with Crippen molar-refractivity contribution in [1.82, 2.24) is 4.90 Å². The molecule has 23 heavy (non-hydrogen) atoms. The van der Waals surface area contributed by atoms with Crippen molar-refractivity contribution in [3.05, 3.63) is 95.4 Å². The molecule has 1 aromatic carbocycles. The van der Waals surface area contributed by atoms with Gasteiger partial charge in [-0.3, -0.25) is 0 Å². The summed E-state index contributed by atoms with van der Waals surface area (Å²) in [5.74, 6) is 0. The van der Waals surface area contributed by atoms with Crippen LogP contribution in [0.5, 0.6) is 0 Å². The second-order valence-corrected chi connectivity index (χ2v) is 4.93. The summed E-state index contributed by atoms with van der Waals surface area (Å²) in [4.78, 5) is 1.99. The van der Waals surface area contributed by atoms with E-state index in [1.807, 2.05) is 41.5 Å². The van der Waals surface area contributed by atoms with Gasteiger partial charge in [0, 0.05) is 24.3 Å². The van der Waals surface area contributed by atoms with Gasteiger partial charge < -0.3 is 15.6 Å². The van der Waals surface area contributed by atoms with Crippen molar-refractivity contribution in [2.45, 2.75) is 6.92 Å². The average molecular weight is 329 g/mol. The van der Waals surface area contributed by atoms with Crippen LogP contribution in [0.4, 0.5) is 0 Å². The largest absolute Gasteiger partial charge is 1.00 e. The minimum atomic E-state index is 0. The van der Waals surface area contributed by atoms with E-state index in [0.29, 0.717) is 0 Å². The smallest absolute Gasteiger partial charge is 0.686 e. The third-order valence-corrected chi connectivity index (χ3v) is 3.41. The summed E-state index contributed by atoms with van der Waals surface area (Å²) in [6, 6.07) is 10.2. The molecule has 1 N–H and O–H groups in total. The summed E-state index contributed by atoms with van der Waals surface area (Å²) in [7, 11) is 1.72. The number of hydrogen-bond acceptors (Lipinski definition) is 2. The Bertz CT molecular complexity index is 682. The van der Waals surface area contributed by atoms with Crippen molar-refractivity contribution in [2.75, 3.05) is 7.05 Å². The van der Waals surface area contributed by atoms with Gasteiger partial charge in [0.15, 0.2) is 0 Å². The number of nitrogens with one attached hydrogen (secondary N) is 1. The van der Waals surface area contributed by atoms with Gasteiger partial charge in [0.25, 0.3) is 0 Å². The number of benzene rings is 1. The molecule has 0 amide bonds. The quantitative estimate of drug-likeness (QED) is 0.650. The Balaban J connectivity index is 0.00000264. The standard InChI is InChI=1S/C19H20N3.K/c1-15(17-7-5-4-6-8-17)14-22-12-10-18(13-16(22)2)19(21-3)9-11-20;/h4-14,20H,2H2,1,3H3;/q-1;+1/b15-14+,19-9-,20-11?;. The van der Waals surface area contributed by atoms with E-state index in [2.05, 4.69) is 37.2 Å². The van der Waals surface area contributed by atoms with Crippen LogP contribution in [-0.4, -0.2) is 18.2 Å². The summed E-state index contributed by atoms with van der Waals surface area (Å²) in [6.45, 7) is 6.18. The van der Waals surface area contributed by atoms with E-state index in [1.165, 1.54) is 17.4 Å². The molecule has 3 nitrogen and oxygen atoms in total. The van der Waals surface area contributed by atoms with Gasteiger partial charge in [-0.25, -0.2) is 0 Å². The Hall–Kier alpha value is -1.17. The van der Waals surface area contributed by atoms with E-state index in [1.54, 1.807) is 13.1 Å². The van der Waals surface area contributed by atoms with Crippen LogP contribution in [0.25, 0.3) is 10.9 Å². The van der Waals surface area contributed by atoms with Gasteiger partial charge in [-0.15, -0.1) is 12.7 Å². The van der Waals surface area contributed by atoms with Crippen LogP contribution >= 0.6 is 0 Å². The predicted molar refractivity (Wildman–Crippen MR) is 94.4 cm³/mol. The molecule has 112 valence electrons. The van der Waals surface area contributed by atoms with Crippen LogP contribution in [0.3, 0.4) is 0 Å². The van der Waals surface area contributed by atoms with E-state index in [4.69, 9.17) is 5.41 Å². The fourth-order valence-electron chi connectivity index (χ4n) is 2.21. The molecule has 2 rings (SSSR count). The molecule has 1 aromatic rings. The molecule has 1 aliphatic rings. The summed E-state index contributed by atoms with van der Waals surface area (Å²) >= 11 is 0. The summed E-state index contributed by atoms with van der Waals surface area (Å²) in [5, 5.41) is 11.4. The van der Waals surface area contributed by atoms with Gasteiger partial charge in [0.2, 0.25) is 0 Å². The fourth-order valence-corrected chi connectivity index (χ4v) is 2.21. The van der Waals surface area contributed by atoms with E-state index < -0.39 is 0 Å². The molecule has 1 heterocycles. The number of likely N-dealkylation sites (N-methyl/N-ethyl adjacent to an activating group) is 1. The van der Waals surface area contributed by atoms with Crippen molar-refractivity contribution in [2.24, 2.45) is 0 Å². The molecule has 0 radical (unpaired) electrons. The maximum Gasteiger partial charge on any atom is 1.00 e.